The summed E-state index contributed by atoms with van der Waals surface area (Å²) in [7, 11) is 1.55. The van der Waals surface area contributed by atoms with Crippen molar-refractivity contribution in [3.63, 3.8) is 0 Å². The maximum absolute atomic E-state index is 13.4. The van der Waals surface area contributed by atoms with Crippen molar-refractivity contribution in [2.75, 3.05) is 7.11 Å². The van der Waals surface area contributed by atoms with Gasteiger partial charge in [-0.3, -0.25) is 4.79 Å². The number of hydrazone groups is 1. The first-order valence-corrected chi connectivity index (χ1v) is 14.3. The number of aromatic nitrogens is 1. The first kappa shape index (κ1) is 28.6. The minimum absolute atomic E-state index is 0.241. The minimum Gasteiger partial charge on any atom is -0.497 e. The van der Waals surface area contributed by atoms with E-state index in [-0.39, 0.29) is 5.75 Å². The number of nitrogens with one attached hydrogen (secondary N) is 2. The summed E-state index contributed by atoms with van der Waals surface area (Å²) in [4.78, 5) is 29.5. The maximum atomic E-state index is 13.4. The molecule has 0 fully saturated rings. The van der Waals surface area contributed by atoms with E-state index in [0.717, 1.165) is 22.0 Å². The zero-order valence-corrected chi connectivity index (χ0v) is 25.7. The van der Waals surface area contributed by atoms with Crippen LogP contribution in [0.25, 0.3) is 22.0 Å². The standard InChI is InChI=1S/C31H22Br2ClN3O4/c1-17-7-12-26-23(13-17)27(22-5-3-4-6-25(22)34)28(36-26)30(38)37-35-16-19-14-20(32)15-24(33)29(19)41-31(39)18-8-10-21(40-2)11-9-18/h3-16,36H,1-2H3,(H,37,38). The smallest absolute Gasteiger partial charge is 0.343 e. The van der Waals surface area contributed by atoms with Gasteiger partial charge >= 0.3 is 5.97 Å². The monoisotopic (exact) mass is 693 g/mol. The number of carbonyl (C=O) groups is 2. The van der Waals surface area contributed by atoms with Gasteiger partial charge in [0.05, 0.1) is 23.4 Å². The Hall–Kier alpha value is -3.92. The highest BCUT2D eigenvalue weighted by Crippen LogP contribution is 2.37. The summed E-state index contributed by atoms with van der Waals surface area (Å²) in [5.41, 5.74) is 6.95. The van der Waals surface area contributed by atoms with Crippen molar-refractivity contribution < 1.29 is 19.1 Å². The molecule has 1 heterocycles. The van der Waals surface area contributed by atoms with Crippen molar-refractivity contribution in [1.29, 1.82) is 0 Å². The molecule has 5 rings (SSSR count). The average molecular weight is 696 g/mol. The van der Waals surface area contributed by atoms with Crippen molar-refractivity contribution in [1.82, 2.24) is 10.4 Å². The van der Waals surface area contributed by atoms with Crippen LogP contribution in [0.3, 0.4) is 0 Å². The third-order valence-electron chi connectivity index (χ3n) is 6.25. The van der Waals surface area contributed by atoms with Gasteiger partial charge in [-0.15, -0.1) is 0 Å². The predicted molar refractivity (Wildman–Crippen MR) is 168 cm³/mol. The number of H-pyrrole nitrogens is 1. The summed E-state index contributed by atoms with van der Waals surface area (Å²) in [6.07, 6.45) is 1.41. The van der Waals surface area contributed by atoms with E-state index < -0.39 is 11.9 Å². The van der Waals surface area contributed by atoms with Crippen LogP contribution in [0.1, 0.15) is 32.0 Å². The topological polar surface area (TPSA) is 92.8 Å². The zero-order valence-electron chi connectivity index (χ0n) is 21.8. The molecule has 1 amide bonds. The van der Waals surface area contributed by atoms with Gasteiger partial charge in [0.25, 0.3) is 5.91 Å². The van der Waals surface area contributed by atoms with Crippen molar-refractivity contribution in [3.8, 4) is 22.6 Å². The maximum Gasteiger partial charge on any atom is 0.343 e. The van der Waals surface area contributed by atoms with Crippen LogP contribution in [0.5, 0.6) is 11.5 Å². The van der Waals surface area contributed by atoms with E-state index in [9.17, 15) is 9.59 Å². The molecule has 2 N–H and O–H groups in total. The Labute approximate surface area is 257 Å². The Bertz CT molecular complexity index is 1820. The number of halogens is 3. The molecule has 0 spiro atoms. The van der Waals surface area contributed by atoms with Gasteiger partial charge in [-0.25, -0.2) is 10.2 Å². The Morgan fingerprint density at radius 2 is 1.76 bits per heavy atom. The third-order valence-corrected chi connectivity index (χ3v) is 7.63. The van der Waals surface area contributed by atoms with Gasteiger partial charge in [0.1, 0.15) is 11.4 Å². The lowest BCUT2D eigenvalue weighted by Crippen LogP contribution is -2.19. The number of aryl methyl sites for hydroxylation is 1. The van der Waals surface area contributed by atoms with E-state index in [1.165, 1.54) is 6.21 Å². The molecule has 5 aromatic rings. The molecule has 0 saturated heterocycles. The lowest BCUT2D eigenvalue weighted by Gasteiger charge is -2.11. The average Bonchev–Trinajstić information content (AvgIpc) is 3.33. The predicted octanol–water partition coefficient (Wildman–Crippen LogP) is 8.31. The van der Waals surface area contributed by atoms with Crippen LogP contribution in [-0.2, 0) is 0 Å². The van der Waals surface area contributed by atoms with Crippen molar-refractivity contribution in [2.24, 2.45) is 5.10 Å². The number of hydrogen-bond acceptors (Lipinski definition) is 5. The van der Waals surface area contributed by atoms with Crippen LogP contribution in [0.4, 0.5) is 0 Å². The number of nitrogens with zero attached hydrogens (tertiary/aromatic N) is 1. The highest BCUT2D eigenvalue weighted by molar-refractivity contribution is 9.11. The van der Waals surface area contributed by atoms with Gasteiger partial charge in [-0.2, -0.15) is 5.10 Å². The van der Waals surface area contributed by atoms with E-state index in [1.807, 2.05) is 43.3 Å². The van der Waals surface area contributed by atoms with Crippen LogP contribution in [0.2, 0.25) is 5.02 Å². The number of rotatable bonds is 7. The van der Waals surface area contributed by atoms with E-state index in [0.29, 0.717) is 42.1 Å². The van der Waals surface area contributed by atoms with Gasteiger partial charge in [0.2, 0.25) is 0 Å². The van der Waals surface area contributed by atoms with E-state index >= 15 is 0 Å². The SMILES string of the molecule is COc1ccc(C(=O)Oc2c(Br)cc(Br)cc2C=NNC(=O)c2[nH]c3ccc(C)cc3c2-c2ccccc2Cl)cc1. The van der Waals surface area contributed by atoms with Crippen LogP contribution in [0, 0.1) is 6.92 Å². The largest absolute Gasteiger partial charge is 0.497 e. The fraction of sp³-hybridized carbons (Fsp3) is 0.0645. The molecular formula is C31H22Br2ClN3O4. The lowest BCUT2D eigenvalue weighted by molar-refractivity contribution is 0.0732. The summed E-state index contributed by atoms with van der Waals surface area (Å²) in [5.74, 6) is -0.162. The Morgan fingerprint density at radius 1 is 1.00 bits per heavy atom. The molecule has 0 aliphatic rings. The number of aromatic amines is 1. The van der Waals surface area contributed by atoms with E-state index in [2.05, 4.69) is 47.4 Å². The molecule has 1 aromatic heterocycles. The fourth-order valence-electron chi connectivity index (χ4n) is 4.30. The van der Waals surface area contributed by atoms with Crippen LogP contribution in [-0.4, -0.2) is 30.2 Å². The van der Waals surface area contributed by atoms with E-state index in [4.69, 9.17) is 21.1 Å². The summed E-state index contributed by atoms with van der Waals surface area (Å²) >= 11 is 13.4. The lowest BCUT2D eigenvalue weighted by atomic mass is 10.0. The Morgan fingerprint density at radius 3 is 2.49 bits per heavy atom. The number of hydrogen-bond donors (Lipinski definition) is 2. The molecule has 0 atom stereocenters. The second kappa shape index (κ2) is 12.3. The van der Waals surface area contributed by atoms with Crippen molar-refractivity contribution >= 4 is 72.5 Å². The third kappa shape index (κ3) is 6.22. The highest BCUT2D eigenvalue weighted by Gasteiger charge is 2.21. The first-order valence-electron chi connectivity index (χ1n) is 12.3. The normalized spacial score (nSPS) is 11.1. The number of benzene rings is 4. The Balaban J connectivity index is 1.44. The van der Waals surface area contributed by atoms with E-state index in [1.54, 1.807) is 49.6 Å². The summed E-state index contributed by atoms with van der Waals surface area (Å²) < 4.78 is 12.1. The molecule has 7 nitrogen and oxygen atoms in total. The van der Waals surface area contributed by atoms with Gasteiger partial charge in [0.15, 0.2) is 5.75 Å². The van der Waals surface area contributed by atoms with Crippen LogP contribution >= 0.6 is 43.5 Å². The van der Waals surface area contributed by atoms with Gasteiger partial charge < -0.3 is 14.5 Å². The molecule has 0 saturated carbocycles. The molecule has 0 unspecified atom stereocenters. The molecule has 0 radical (unpaired) electrons. The second-order valence-electron chi connectivity index (χ2n) is 9.03. The molecule has 206 valence electrons. The molecule has 10 heteroatoms. The van der Waals surface area contributed by atoms with Gasteiger partial charge in [0, 0.05) is 37.1 Å². The van der Waals surface area contributed by atoms with Crippen molar-refractivity contribution in [2.45, 2.75) is 6.92 Å². The summed E-state index contributed by atoms with van der Waals surface area (Å²) in [6.45, 7) is 1.99. The Kier molecular flexibility index (Phi) is 8.58. The van der Waals surface area contributed by atoms with Crippen molar-refractivity contribution in [3.05, 3.63) is 115 Å². The number of carbonyl (C=O) groups excluding carboxylic acids is 2. The summed E-state index contributed by atoms with van der Waals surface area (Å²) in [6, 6.07) is 23.3. The fourth-order valence-corrected chi connectivity index (χ4v) is 5.87. The molecule has 4 aromatic carbocycles. The minimum atomic E-state index is -0.563. The first-order chi connectivity index (χ1) is 19.7. The number of amides is 1. The summed E-state index contributed by atoms with van der Waals surface area (Å²) in [5, 5.41) is 5.58. The van der Waals surface area contributed by atoms with Crippen LogP contribution in [0.15, 0.2) is 92.9 Å². The number of methoxy groups -OCH3 is 1. The van der Waals surface area contributed by atoms with Gasteiger partial charge in [-0.05, 0) is 77.5 Å². The number of esters is 1. The molecule has 0 bridgehead atoms. The molecule has 41 heavy (non-hydrogen) atoms. The number of fused-ring (bicyclic) bond motifs is 1. The van der Waals surface area contributed by atoms with Crippen LogP contribution < -0.4 is 14.9 Å². The molecule has 0 aliphatic heterocycles. The zero-order chi connectivity index (χ0) is 29.1. The van der Waals surface area contributed by atoms with Gasteiger partial charge in [-0.1, -0.05) is 57.4 Å². The highest BCUT2D eigenvalue weighted by atomic mass is 79.9. The molecule has 0 aliphatic carbocycles. The second-order valence-corrected chi connectivity index (χ2v) is 11.2. The quantitative estimate of drug-likeness (QED) is 0.0776. The molecular weight excluding hydrogens is 674 g/mol. The number of ether oxygens (including phenoxy) is 2.